The molecular formula is C16H30N2O. The highest BCUT2D eigenvalue weighted by Crippen LogP contribution is 2.33. The van der Waals surface area contributed by atoms with Gasteiger partial charge in [-0.3, -0.25) is 4.90 Å². The van der Waals surface area contributed by atoms with Crippen LogP contribution in [0.1, 0.15) is 57.8 Å². The maximum Gasteiger partial charge on any atom is 0.0774 e. The van der Waals surface area contributed by atoms with Crippen molar-refractivity contribution in [2.24, 2.45) is 5.92 Å². The molecule has 2 N–H and O–H groups in total. The standard InChI is InChI=1S/C16H30N2O/c19-16(8-2-1-3-9-16)13-18(11-14-6-7-14)12-15-5-4-10-17-15/h14-15,17,19H,1-13H2. The average molecular weight is 266 g/mol. The van der Waals surface area contributed by atoms with E-state index in [2.05, 4.69) is 10.2 Å². The van der Waals surface area contributed by atoms with Gasteiger partial charge in [-0.1, -0.05) is 19.3 Å². The van der Waals surface area contributed by atoms with Gasteiger partial charge in [0.05, 0.1) is 5.60 Å². The van der Waals surface area contributed by atoms with Crippen LogP contribution in [0.4, 0.5) is 0 Å². The number of hydrogen-bond donors (Lipinski definition) is 2. The molecule has 3 nitrogen and oxygen atoms in total. The molecule has 3 rings (SSSR count). The summed E-state index contributed by atoms with van der Waals surface area (Å²) in [4.78, 5) is 2.58. The van der Waals surface area contributed by atoms with E-state index in [1.807, 2.05) is 0 Å². The Labute approximate surface area is 117 Å². The van der Waals surface area contributed by atoms with Gasteiger partial charge in [0.15, 0.2) is 0 Å². The van der Waals surface area contributed by atoms with Crippen LogP contribution in [0, 0.1) is 5.92 Å². The van der Waals surface area contributed by atoms with Gasteiger partial charge >= 0.3 is 0 Å². The Hall–Kier alpha value is -0.120. The molecule has 0 aromatic heterocycles. The summed E-state index contributed by atoms with van der Waals surface area (Å²) >= 11 is 0. The normalized spacial score (nSPS) is 30.9. The Morgan fingerprint density at radius 3 is 2.42 bits per heavy atom. The summed E-state index contributed by atoms with van der Waals surface area (Å²) in [5.41, 5.74) is -0.383. The molecule has 0 amide bonds. The lowest BCUT2D eigenvalue weighted by Gasteiger charge is -2.38. The topological polar surface area (TPSA) is 35.5 Å². The first-order chi connectivity index (χ1) is 9.23. The second-order valence-corrected chi connectivity index (χ2v) is 7.22. The molecular weight excluding hydrogens is 236 g/mol. The zero-order valence-electron chi connectivity index (χ0n) is 12.2. The molecule has 110 valence electrons. The third kappa shape index (κ3) is 4.17. The fourth-order valence-electron chi connectivity index (χ4n) is 3.88. The van der Waals surface area contributed by atoms with Crippen LogP contribution in [0.25, 0.3) is 0 Å². The fourth-order valence-corrected chi connectivity index (χ4v) is 3.88. The molecule has 1 atom stereocenters. The van der Waals surface area contributed by atoms with Gasteiger partial charge in [0.25, 0.3) is 0 Å². The first kappa shape index (κ1) is 13.8. The summed E-state index contributed by atoms with van der Waals surface area (Å²) in [5.74, 6) is 0.925. The summed E-state index contributed by atoms with van der Waals surface area (Å²) < 4.78 is 0. The number of nitrogens with one attached hydrogen (secondary N) is 1. The summed E-state index contributed by atoms with van der Waals surface area (Å²) in [5, 5.41) is 14.4. The molecule has 19 heavy (non-hydrogen) atoms. The van der Waals surface area contributed by atoms with E-state index in [-0.39, 0.29) is 5.60 Å². The molecule has 3 heteroatoms. The Morgan fingerprint density at radius 1 is 1.00 bits per heavy atom. The number of rotatable bonds is 6. The SMILES string of the molecule is OC1(CN(CC2CC2)CC2CCCN2)CCCCC1. The van der Waals surface area contributed by atoms with Crippen molar-refractivity contribution in [2.75, 3.05) is 26.2 Å². The van der Waals surface area contributed by atoms with E-state index in [0.717, 1.165) is 31.8 Å². The first-order valence-corrected chi connectivity index (χ1v) is 8.42. The van der Waals surface area contributed by atoms with Gasteiger partial charge in [-0.2, -0.15) is 0 Å². The van der Waals surface area contributed by atoms with Crippen LogP contribution in [-0.2, 0) is 0 Å². The van der Waals surface area contributed by atoms with Crippen LogP contribution >= 0.6 is 0 Å². The summed E-state index contributed by atoms with van der Waals surface area (Å²) in [7, 11) is 0. The Bertz CT molecular complexity index is 278. The lowest BCUT2D eigenvalue weighted by molar-refractivity contribution is -0.0285. The van der Waals surface area contributed by atoms with Crippen LogP contribution in [0.2, 0.25) is 0 Å². The highest BCUT2D eigenvalue weighted by Gasteiger charge is 2.34. The molecule has 0 radical (unpaired) electrons. The van der Waals surface area contributed by atoms with E-state index in [0.29, 0.717) is 6.04 Å². The molecule has 2 aliphatic carbocycles. The molecule has 2 saturated carbocycles. The zero-order valence-corrected chi connectivity index (χ0v) is 12.2. The highest BCUT2D eigenvalue weighted by molar-refractivity contribution is 4.89. The van der Waals surface area contributed by atoms with Crippen LogP contribution in [0.15, 0.2) is 0 Å². The largest absolute Gasteiger partial charge is 0.389 e. The molecule has 0 spiro atoms. The second-order valence-electron chi connectivity index (χ2n) is 7.22. The maximum atomic E-state index is 10.8. The van der Waals surface area contributed by atoms with Crippen molar-refractivity contribution in [1.82, 2.24) is 10.2 Å². The second kappa shape index (κ2) is 6.11. The quantitative estimate of drug-likeness (QED) is 0.773. The fraction of sp³-hybridized carbons (Fsp3) is 1.00. The lowest BCUT2D eigenvalue weighted by atomic mass is 9.84. The van der Waals surface area contributed by atoms with Crippen LogP contribution in [-0.4, -0.2) is 47.8 Å². The molecule has 1 saturated heterocycles. The minimum absolute atomic E-state index is 0.383. The van der Waals surface area contributed by atoms with Crippen LogP contribution < -0.4 is 5.32 Å². The van der Waals surface area contributed by atoms with Gasteiger partial charge in [0.1, 0.15) is 0 Å². The molecule has 0 aromatic rings. The van der Waals surface area contributed by atoms with Gasteiger partial charge in [-0.25, -0.2) is 0 Å². The van der Waals surface area contributed by atoms with Gasteiger partial charge in [0, 0.05) is 25.7 Å². The number of hydrogen-bond acceptors (Lipinski definition) is 3. The first-order valence-electron chi connectivity index (χ1n) is 8.42. The van der Waals surface area contributed by atoms with Crippen molar-refractivity contribution >= 4 is 0 Å². The van der Waals surface area contributed by atoms with E-state index < -0.39 is 0 Å². The van der Waals surface area contributed by atoms with Crippen molar-refractivity contribution in [1.29, 1.82) is 0 Å². The minimum Gasteiger partial charge on any atom is -0.389 e. The number of aliphatic hydroxyl groups is 1. The zero-order chi connectivity index (χ0) is 13.1. The van der Waals surface area contributed by atoms with E-state index in [1.54, 1.807) is 0 Å². The Balaban J connectivity index is 1.54. The molecule has 0 aromatic carbocycles. The molecule has 1 heterocycles. The van der Waals surface area contributed by atoms with Crippen molar-refractivity contribution in [3.05, 3.63) is 0 Å². The molecule has 3 fully saturated rings. The van der Waals surface area contributed by atoms with E-state index in [1.165, 1.54) is 58.0 Å². The van der Waals surface area contributed by atoms with E-state index in [4.69, 9.17) is 0 Å². The van der Waals surface area contributed by atoms with Gasteiger partial charge in [-0.15, -0.1) is 0 Å². The van der Waals surface area contributed by atoms with Crippen molar-refractivity contribution in [2.45, 2.75) is 69.4 Å². The van der Waals surface area contributed by atoms with E-state index >= 15 is 0 Å². The van der Waals surface area contributed by atoms with E-state index in [9.17, 15) is 5.11 Å². The van der Waals surface area contributed by atoms with Gasteiger partial charge in [0.2, 0.25) is 0 Å². The van der Waals surface area contributed by atoms with Crippen LogP contribution in [0.5, 0.6) is 0 Å². The van der Waals surface area contributed by atoms with Crippen molar-refractivity contribution in [3.8, 4) is 0 Å². The Morgan fingerprint density at radius 2 is 1.79 bits per heavy atom. The monoisotopic (exact) mass is 266 g/mol. The van der Waals surface area contributed by atoms with Gasteiger partial charge < -0.3 is 10.4 Å². The third-order valence-electron chi connectivity index (χ3n) is 5.16. The van der Waals surface area contributed by atoms with Crippen LogP contribution in [0.3, 0.4) is 0 Å². The highest BCUT2D eigenvalue weighted by atomic mass is 16.3. The minimum atomic E-state index is -0.383. The maximum absolute atomic E-state index is 10.8. The number of nitrogens with zero attached hydrogens (tertiary/aromatic N) is 1. The van der Waals surface area contributed by atoms with Gasteiger partial charge in [-0.05, 0) is 51.0 Å². The average Bonchev–Trinajstić information content (AvgIpc) is 3.04. The van der Waals surface area contributed by atoms with Crippen molar-refractivity contribution in [3.63, 3.8) is 0 Å². The molecule has 1 unspecified atom stereocenters. The smallest absolute Gasteiger partial charge is 0.0774 e. The molecule has 1 aliphatic heterocycles. The van der Waals surface area contributed by atoms with Crippen molar-refractivity contribution < 1.29 is 5.11 Å². The summed E-state index contributed by atoms with van der Waals surface area (Å²) in [6.07, 6.45) is 11.3. The predicted octanol–water partition coefficient (Wildman–Crippen LogP) is 2.15. The summed E-state index contributed by atoms with van der Waals surface area (Å²) in [6.45, 7) is 4.48. The molecule has 0 bridgehead atoms. The third-order valence-corrected chi connectivity index (χ3v) is 5.16. The predicted molar refractivity (Wildman–Crippen MR) is 78.2 cm³/mol. The summed E-state index contributed by atoms with van der Waals surface area (Å²) in [6, 6.07) is 0.672. The Kier molecular flexibility index (Phi) is 4.45. The molecule has 3 aliphatic rings. The lowest BCUT2D eigenvalue weighted by Crippen LogP contribution is -2.48.